The highest BCUT2D eigenvalue weighted by Crippen LogP contribution is 2.21. The lowest BCUT2D eigenvalue weighted by atomic mass is 9.95. The highest BCUT2D eigenvalue weighted by Gasteiger charge is 2.28. The largest absolute Gasteiger partial charge is 0.296 e. The first-order valence-electron chi connectivity index (χ1n) is 4.25. The Morgan fingerprint density at radius 2 is 2.29 bits per heavy atom. The first kappa shape index (κ1) is 8.74. The van der Waals surface area contributed by atoms with E-state index in [4.69, 9.17) is 0 Å². The molecule has 0 aliphatic carbocycles. The van der Waals surface area contributed by atoms with E-state index in [1.807, 2.05) is 0 Å². The molecular formula is C8H8N4O2. The molecule has 1 aliphatic heterocycles. The lowest BCUT2D eigenvalue weighted by Gasteiger charge is -2.19. The van der Waals surface area contributed by atoms with Crippen LogP contribution in [0.5, 0.6) is 0 Å². The Labute approximate surface area is 79.7 Å². The average Bonchev–Trinajstić information content (AvgIpc) is 2.19. The van der Waals surface area contributed by atoms with Gasteiger partial charge in [-0.05, 0) is 17.7 Å². The summed E-state index contributed by atoms with van der Waals surface area (Å²) in [6.07, 6.45) is 2.32. The van der Waals surface area contributed by atoms with Crippen LogP contribution >= 0.6 is 0 Å². The van der Waals surface area contributed by atoms with Crippen LogP contribution in [0.4, 0.5) is 0 Å². The third-order valence-electron chi connectivity index (χ3n) is 2.12. The Morgan fingerprint density at radius 3 is 2.93 bits per heavy atom. The van der Waals surface area contributed by atoms with Crippen LogP contribution in [-0.2, 0) is 9.59 Å². The zero-order valence-corrected chi connectivity index (χ0v) is 7.30. The van der Waals surface area contributed by atoms with Gasteiger partial charge in [0.05, 0.1) is 17.8 Å². The van der Waals surface area contributed by atoms with E-state index < -0.39 is 0 Å². The van der Waals surface area contributed by atoms with Gasteiger partial charge in [-0.25, -0.2) is 0 Å². The number of imide groups is 1. The average molecular weight is 192 g/mol. The number of nitrogens with zero attached hydrogens (tertiary/aromatic N) is 3. The van der Waals surface area contributed by atoms with Crippen LogP contribution in [0.2, 0.25) is 0 Å². The summed E-state index contributed by atoms with van der Waals surface area (Å²) < 4.78 is 0. The zero-order chi connectivity index (χ0) is 9.97. The third kappa shape index (κ3) is 1.59. The number of carbonyl (C=O) groups is 2. The molecule has 1 aromatic heterocycles. The Balaban J connectivity index is 2.20. The quantitative estimate of drug-likeness (QED) is 0.600. The molecule has 2 amide bonds. The van der Waals surface area contributed by atoms with Gasteiger partial charge < -0.3 is 0 Å². The summed E-state index contributed by atoms with van der Waals surface area (Å²) in [5, 5.41) is 13.0. The second-order valence-corrected chi connectivity index (χ2v) is 3.05. The summed E-state index contributed by atoms with van der Waals surface area (Å²) >= 11 is 0. The van der Waals surface area contributed by atoms with E-state index >= 15 is 0 Å². The fourth-order valence-electron chi connectivity index (χ4n) is 1.41. The van der Waals surface area contributed by atoms with Crippen LogP contribution in [0, 0.1) is 0 Å². The lowest BCUT2D eigenvalue weighted by molar-refractivity contribution is -0.134. The standard InChI is InChI=1S/C8H8N4O2/c13-7-2-1-5(8(14)10-7)6-3-4-9-12-11-6/h3-5H,1-2H2,(H,10,13,14). The van der Waals surface area contributed by atoms with E-state index in [1.54, 1.807) is 6.07 Å². The van der Waals surface area contributed by atoms with Crippen molar-refractivity contribution in [2.24, 2.45) is 0 Å². The van der Waals surface area contributed by atoms with Crippen molar-refractivity contribution >= 4 is 11.8 Å². The molecule has 1 N–H and O–H groups in total. The Kier molecular flexibility index (Phi) is 2.18. The smallest absolute Gasteiger partial charge is 0.235 e. The molecule has 0 bridgehead atoms. The normalized spacial score (nSPS) is 21.9. The highest BCUT2D eigenvalue weighted by molar-refractivity contribution is 6.00. The van der Waals surface area contributed by atoms with E-state index in [2.05, 4.69) is 20.7 Å². The van der Waals surface area contributed by atoms with Crippen molar-refractivity contribution in [3.63, 3.8) is 0 Å². The summed E-state index contributed by atoms with van der Waals surface area (Å²) in [7, 11) is 0. The predicted molar refractivity (Wildman–Crippen MR) is 45.0 cm³/mol. The van der Waals surface area contributed by atoms with E-state index in [1.165, 1.54) is 6.20 Å². The number of aromatic nitrogens is 3. The van der Waals surface area contributed by atoms with Gasteiger partial charge >= 0.3 is 0 Å². The van der Waals surface area contributed by atoms with Crippen LogP contribution < -0.4 is 5.32 Å². The summed E-state index contributed by atoms with van der Waals surface area (Å²) in [5.41, 5.74) is 0.560. The first-order valence-corrected chi connectivity index (χ1v) is 4.25. The number of hydrogen-bond acceptors (Lipinski definition) is 5. The molecule has 14 heavy (non-hydrogen) atoms. The maximum atomic E-state index is 11.4. The molecule has 0 radical (unpaired) electrons. The number of carbonyl (C=O) groups excluding carboxylic acids is 2. The zero-order valence-electron chi connectivity index (χ0n) is 7.30. The molecule has 6 nitrogen and oxygen atoms in total. The Hall–Kier alpha value is -1.85. The summed E-state index contributed by atoms with van der Waals surface area (Å²) in [4.78, 5) is 22.3. The molecule has 1 saturated heterocycles. The van der Waals surface area contributed by atoms with Gasteiger partial charge in [0.15, 0.2) is 0 Å². The highest BCUT2D eigenvalue weighted by atomic mass is 16.2. The van der Waals surface area contributed by atoms with Gasteiger partial charge in [0.1, 0.15) is 0 Å². The van der Waals surface area contributed by atoms with E-state index in [-0.39, 0.29) is 17.7 Å². The van der Waals surface area contributed by atoms with E-state index in [0.29, 0.717) is 18.5 Å². The number of nitrogens with one attached hydrogen (secondary N) is 1. The topological polar surface area (TPSA) is 84.8 Å². The number of piperidine rings is 1. The fourth-order valence-corrected chi connectivity index (χ4v) is 1.41. The molecule has 72 valence electrons. The summed E-state index contributed by atoms with van der Waals surface area (Å²) in [6.45, 7) is 0. The van der Waals surface area contributed by atoms with Crippen LogP contribution in [0.25, 0.3) is 0 Å². The second-order valence-electron chi connectivity index (χ2n) is 3.05. The SMILES string of the molecule is O=C1CCC(c2ccnnn2)C(=O)N1. The van der Waals surface area contributed by atoms with Crippen molar-refractivity contribution in [2.75, 3.05) is 0 Å². The molecule has 1 atom stereocenters. The van der Waals surface area contributed by atoms with Crippen LogP contribution in [-0.4, -0.2) is 27.2 Å². The van der Waals surface area contributed by atoms with Gasteiger partial charge in [-0.1, -0.05) is 0 Å². The van der Waals surface area contributed by atoms with Crippen molar-refractivity contribution in [3.8, 4) is 0 Å². The second kappa shape index (κ2) is 3.49. The van der Waals surface area contributed by atoms with Crippen molar-refractivity contribution in [1.82, 2.24) is 20.7 Å². The van der Waals surface area contributed by atoms with Crippen molar-refractivity contribution < 1.29 is 9.59 Å². The minimum Gasteiger partial charge on any atom is -0.296 e. The molecule has 1 aromatic rings. The number of rotatable bonds is 1. The predicted octanol–water partition coefficient (Wildman–Crippen LogP) is -0.608. The van der Waals surface area contributed by atoms with Gasteiger partial charge in [-0.15, -0.1) is 10.2 Å². The van der Waals surface area contributed by atoms with Crippen LogP contribution in [0.15, 0.2) is 12.3 Å². The maximum Gasteiger partial charge on any atom is 0.235 e. The molecule has 1 aliphatic rings. The molecular weight excluding hydrogens is 184 g/mol. The third-order valence-corrected chi connectivity index (χ3v) is 2.12. The fraction of sp³-hybridized carbons (Fsp3) is 0.375. The van der Waals surface area contributed by atoms with Gasteiger partial charge in [0.25, 0.3) is 0 Å². The van der Waals surface area contributed by atoms with E-state index in [0.717, 1.165) is 0 Å². The molecule has 0 aromatic carbocycles. The Morgan fingerprint density at radius 1 is 1.43 bits per heavy atom. The van der Waals surface area contributed by atoms with Crippen molar-refractivity contribution in [3.05, 3.63) is 18.0 Å². The first-order chi connectivity index (χ1) is 6.77. The van der Waals surface area contributed by atoms with Crippen LogP contribution in [0.1, 0.15) is 24.5 Å². The monoisotopic (exact) mass is 192 g/mol. The van der Waals surface area contributed by atoms with Gasteiger partial charge in [-0.3, -0.25) is 14.9 Å². The van der Waals surface area contributed by atoms with Gasteiger partial charge in [0.2, 0.25) is 11.8 Å². The summed E-state index contributed by atoms with van der Waals surface area (Å²) in [6, 6.07) is 1.63. The van der Waals surface area contributed by atoms with Crippen molar-refractivity contribution in [2.45, 2.75) is 18.8 Å². The molecule has 2 rings (SSSR count). The van der Waals surface area contributed by atoms with Crippen LogP contribution in [0.3, 0.4) is 0 Å². The molecule has 0 spiro atoms. The van der Waals surface area contributed by atoms with Gasteiger partial charge in [0, 0.05) is 6.42 Å². The number of hydrogen-bond donors (Lipinski definition) is 1. The lowest BCUT2D eigenvalue weighted by Crippen LogP contribution is -2.39. The molecule has 2 heterocycles. The van der Waals surface area contributed by atoms with Crippen molar-refractivity contribution in [1.29, 1.82) is 0 Å². The minimum atomic E-state index is -0.372. The Bertz CT molecular complexity index is 365. The minimum absolute atomic E-state index is 0.228. The molecule has 6 heteroatoms. The number of amides is 2. The molecule has 1 unspecified atom stereocenters. The van der Waals surface area contributed by atoms with E-state index in [9.17, 15) is 9.59 Å². The summed E-state index contributed by atoms with van der Waals surface area (Å²) in [5.74, 6) is -0.904. The molecule has 1 fully saturated rings. The maximum absolute atomic E-state index is 11.4. The molecule has 0 saturated carbocycles. The van der Waals surface area contributed by atoms with Gasteiger partial charge in [-0.2, -0.15) is 0 Å².